The highest BCUT2D eigenvalue weighted by Crippen LogP contribution is 2.22. The summed E-state index contributed by atoms with van der Waals surface area (Å²) in [6.45, 7) is 12.0. The number of hydrogen-bond donors (Lipinski definition) is 3. The minimum absolute atomic E-state index is 0.0154. The van der Waals surface area contributed by atoms with Crippen LogP contribution < -0.4 is 5.32 Å². The van der Waals surface area contributed by atoms with Crippen LogP contribution in [0.25, 0.3) is 11.6 Å². The molecule has 1 aromatic rings. The average molecular weight is 379 g/mol. The maximum Gasteiger partial charge on any atom is 0.330 e. The van der Waals surface area contributed by atoms with Crippen molar-refractivity contribution in [3.05, 3.63) is 60.7 Å². The van der Waals surface area contributed by atoms with Crippen molar-refractivity contribution in [2.24, 2.45) is 5.92 Å². The maximum atomic E-state index is 12.4. The van der Waals surface area contributed by atoms with Gasteiger partial charge in [-0.1, -0.05) is 57.0 Å². The molecule has 0 radical (unpaired) electrons. The zero-order chi connectivity index (χ0) is 20.1. The van der Waals surface area contributed by atoms with Crippen LogP contribution >= 0.6 is 0 Å². The Hall–Kier alpha value is -2.71. The molecule has 0 fully saturated rings. The van der Waals surface area contributed by atoms with E-state index < -0.39 is 33.3 Å². The van der Waals surface area contributed by atoms with Crippen molar-refractivity contribution < 1.29 is 27.7 Å². The first-order valence-corrected chi connectivity index (χ1v) is 9.08. The Morgan fingerprint density at radius 1 is 1.27 bits per heavy atom. The fourth-order valence-electron chi connectivity index (χ4n) is 2.38. The number of carbonyl (C=O) groups excluding carboxylic acids is 1. The quantitative estimate of drug-likeness (QED) is 0.447. The van der Waals surface area contributed by atoms with Crippen LogP contribution in [0.2, 0.25) is 0 Å². The molecule has 3 N–H and O–H groups in total. The predicted octanol–water partition coefficient (Wildman–Crippen LogP) is 2.34. The number of carbonyl (C=O) groups is 2. The van der Waals surface area contributed by atoms with Gasteiger partial charge in [-0.3, -0.25) is 9.35 Å². The van der Waals surface area contributed by atoms with Crippen molar-refractivity contribution >= 4 is 33.6 Å². The number of amides is 1. The minimum Gasteiger partial charge on any atom is -0.478 e. The molecular formula is C18H21NO6S. The van der Waals surface area contributed by atoms with Crippen LogP contribution in [0.5, 0.6) is 0 Å². The minimum atomic E-state index is -4.69. The van der Waals surface area contributed by atoms with Gasteiger partial charge < -0.3 is 10.4 Å². The molecular weight excluding hydrogens is 358 g/mol. The molecule has 1 rings (SSSR count). The molecule has 0 aliphatic carbocycles. The van der Waals surface area contributed by atoms with Gasteiger partial charge in [0.15, 0.2) is 5.37 Å². The Morgan fingerprint density at radius 2 is 1.85 bits per heavy atom. The van der Waals surface area contributed by atoms with Gasteiger partial charge in [-0.05, 0) is 23.5 Å². The van der Waals surface area contributed by atoms with Gasteiger partial charge in [-0.2, -0.15) is 8.42 Å². The van der Waals surface area contributed by atoms with E-state index in [0.717, 1.165) is 0 Å². The van der Waals surface area contributed by atoms with E-state index in [-0.39, 0.29) is 17.6 Å². The average Bonchev–Trinajstić information content (AvgIpc) is 2.57. The summed E-state index contributed by atoms with van der Waals surface area (Å²) >= 11 is 0. The third-order valence-electron chi connectivity index (χ3n) is 3.76. The molecule has 0 aliphatic rings. The fraction of sp³-hybridized carbons (Fsp3) is 0.222. The van der Waals surface area contributed by atoms with Crippen molar-refractivity contribution in [2.45, 2.75) is 18.7 Å². The van der Waals surface area contributed by atoms with Crippen LogP contribution in [0.1, 0.15) is 24.5 Å². The summed E-state index contributed by atoms with van der Waals surface area (Å²) in [5.74, 6) is -3.03. The monoisotopic (exact) mass is 379 g/mol. The summed E-state index contributed by atoms with van der Waals surface area (Å²) in [4.78, 5) is 23.3. The van der Waals surface area contributed by atoms with E-state index in [9.17, 15) is 22.6 Å². The van der Waals surface area contributed by atoms with Gasteiger partial charge in [0.25, 0.3) is 16.0 Å². The molecule has 0 saturated carbocycles. The number of nitrogens with one attached hydrogen (secondary N) is 1. The van der Waals surface area contributed by atoms with E-state index >= 15 is 0 Å². The SMILES string of the molecule is C=Cc1ccccc1C(=C)C(=O)NC(C(C)CC(=C)C(=O)O)S(=O)(=O)O. The molecule has 0 aromatic heterocycles. The second-order valence-electron chi connectivity index (χ2n) is 5.77. The van der Waals surface area contributed by atoms with E-state index in [0.29, 0.717) is 11.1 Å². The zero-order valence-electron chi connectivity index (χ0n) is 14.3. The summed E-state index contributed by atoms with van der Waals surface area (Å²) in [6.07, 6.45) is 1.28. The molecule has 140 valence electrons. The van der Waals surface area contributed by atoms with Crippen molar-refractivity contribution in [2.75, 3.05) is 0 Å². The lowest BCUT2D eigenvalue weighted by molar-refractivity contribution is -0.132. The molecule has 1 amide bonds. The van der Waals surface area contributed by atoms with Crippen LogP contribution in [0, 0.1) is 5.92 Å². The molecule has 2 unspecified atom stereocenters. The van der Waals surface area contributed by atoms with Crippen LogP contribution in [0.15, 0.2) is 49.6 Å². The van der Waals surface area contributed by atoms with Gasteiger partial charge in [0.05, 0.1) is 0 Å². The van der Waals surface area contributed by atoms with Crippen LogP contribution in [-0.2, 0) is 19.7 Å². The second-order valence-corrected chi connectivity index (χ2v) is 7.31. The summed E-state index contributed by atoms with van der Waals surface area (Å²) in [7, 11) is -4.69. The highest BCUT2D eigenvalue weighted by Gasteiger charge is 2.32. The first kappa shape index (κ1) is 21.3. The van der Waals surface area contributed by atoms with E-state index in [4.69, 9.17) is 5.11 Å². The standard InChI is InChI=1S/C18H21NO6S/c1-5-14-8-6-7-9-15(14)13(4)16(20)19-17(26(23,24)25)11(2)10-12(3)18(21)22/h5-9,11,17H,1,3-4,10H2,2H3,(H,19,20)(H,21,22)(H,23,24,25). The first-order chi connectivity index (χ1) is 12.0. The lowest BCUT2D eigenvalue weighted by Gasteiger charge is -2.23. The number of benzene rings is 1. The van der Waals surface area contributed by atoms with Gasteiger partial charge in [0.1, 0.15) is 0 Å². The van der Waals surface area contributed by atoms with Gasteiger partial charge >= 0.3 is 5.97 Å². The topological polar surface area (TPSA) is 121 Å². The van der Waals surface area contributed by atoms with Crippen molar-refractivity contribution in [3.8, 4) is 0 Å². The third-order valence-corrected chi connectivity index (χ3v) is 4.99. The summed E-state index contributed by atoms with van der Waals surface area (Å²) < 4.78 is 32.8. The number of carboxylic acids is 1. The zero-order valence-corrected chi connectivity index (χ0v) is 15.1. The molecule has 1 aromatic carbocycles. The highest BCUT2D eigenvalue weighted by atomic mass is 32.2. The van der Waals surface area contributed by atoms with Crippen LogP contribution in [0.3, 0.4) is 0 Å². The molecule has 8 heteroatoms. The third kappa shape index (κ3) is 5.40. The van der Waals surface area contributed by atoms with Crippen LogP contribution in [0.4, 0.5) is 0 Å². The Morgan fingerprint density at radius 3 is 2.35 bits per heavy atom. The van der Waals surface area contributed by atoms with Crippen molar-refractivity contribution in [1.82, 2.24) is 5.32 Å². The largest absolute Gasteiger partial charge is 0.478 e. The van der Waals surface area contributed by atoms with Gasteiger partial charge in [0.2, 0.25) is 0 Å². The molecule has 0 spiro atoms. The smallest absolute Gasteiger partial charge is 0.330 e. The van der Waals surface area contributed by atoms with Gasteiger partial charge in [-0.25, -0.2) is 4.79 Å². The van der Waals surface area contributed by atoms with Crippen LogP contribution in [-0.4, -0.2) is 35.3 Å². The Balaban J connectivity index is 3.06. The number of aliphatic carboxylic acids is 1. The van der Waals surface area contributed by atoms with E-state index in [1.807, 2.05) is 0 Å². The number of rotatable bonds is 9. The second kappa shape index (κ2) is 8.59. The maximum absolute atomic E-state index is 12.4. The molecule has 0 saturated heterocycles. The summed E-state index contributed by atoms with van der Waals surface area (Å²) in [5, 5.41) is 9.37. The molecule has 0 bridgehead atoms. The molecule has 0 heterocycles. The lowest BCUT2D eigenvalue weighted by Crippen LogP contribution is -2.45. The van der Waals surface area contributed by atoms with Gasteiger partial charge in [-0.15, -0.1) is 0 Å². The van der Waals surface area contributed by atoms with E-state index in [2.05, 4.69) is 25.1 Å². The van der Waals surface area contributed by atoms with E-state index in [1.54, 1.807) is 24.3 Å². The lowest BCUT2D eigenvalue weighted by atomic mass is 9.99. The summed E-state index contributed by atoms with van der Waals surface area (Å²) in [5.41, 5.74) is 0.828. The predicted molar refractivity (Wildman–Crippen MR) is 99.6 cm³/mol. The number of hydrogen-bond acceptors (Lipinski definition) is 4. The molecule has 2 atom stereocenters. The molecule has 26 heavy (non-hydrogen) atoms. The van der Waals surface area contributed by atoms with Crippen molar-refractivity contribution in [1.29, 1.82) is 0 Å². The fourth-order valence-corrected chi connectivity index (χ4v) is 3.32. The molecule has 0 aliphatic heterocycles. The molecule has 7 nitrogen and oxygen atoms in total. The highest BCUT2D eigenvalue weighted by molar-refractivity contribution is 7.86. The Bertz CT molecular complexity index is 856. The van der Waals surface area contributed by atoms with Crippen molar-refractivity contribution in [3.63, 3.8) is 0 Å². The van der Waals surface area contributed by atoms with E-state index in [1.165, 1.54) is 13.0 Å². The van der Waals surface area contributed by atoms with Gasteiger partial charge in [0, 0.05) is 11.1 Å². The number of carboxylic acid groups (broad SMARTS) is 1. The normalized spacial score (nSPS) is 13.3. The first-order valence-electron chi connectivity index (χ1n) is 7.58. The Labute approximate surface area is 152 Å². The summed E-state index contributed by atoms with van der Waals surface area (Å²) in [6, 6.07) is 6.75. The Kier molecular flexibility index (Phi) is 7.05.